The van der Waals surface area contributed by atoms with Gasteiger partial charge in [0.2, 0.25) is 0 Å². The summed E-state index contributed by atoms with van der Waals surface area (Å²) in [5, 5.41) is 4.67. The van der Waals surface area contributed by atoms with Crippen LogP contribution in [-0.2, 0) is 16.9 Å². The van der Waals surface area contributed by atoms with Gasteiger partial charge in [0.05, 0.1) is 6.54 Å². The van der Waals surface area contributed by atoms with Crippen LogP contribution in [0.15, 0.2) is 48.8 Å². The molecule has 0 unspecified atom stereocenters. The molecule has 7 heteroatoms. The number of nitrogens with zero attached hydrogens (tertiary/aromatic N) is 3. The van der Waals surface area contributed by atoms with Gasteiger partial charge in [-0.25, -0.2) is 18.4 Å². The zero-order valence-corrected chi connectivity index (χ0v) is 14.5. The molecule has 0 N–H and O–H groups in total. The largest absolute Gasteiger partial charge is 0.368 e. The molecule has 2 atom stereocenters. The highest BCUT2D eigenvalue weighted by atomic mass is 35.5. The maximum absolute atomic E-state index is 14.8. The van der Waals surface area contributed by atoms with E-state index in [0.29, 0.717) is 18.1 Å². The minimum absolute atomic E-state index is 0.186. The van der Waals surface area contributed by atoms with Crippen molar-refractivity contribution in [2.75, 3.05) is 6.61 Å². The van der Waals surface area contributed by atoms with Crippen LogP contribution in [0.2, 0.25) is 5.02 Å². The van der Waals surface area contributed by atoms with E-state index in [4.69, 9.17) is 16.3 Å². The molecule has 0 aliphatic carbocycles. The van der Waals surface area contributed by atoms with Gasteiger partial charge >= 0.3 is 0 Å². The topological polar surface area (TPSA) is 39.9 Å². The molecule has 0 spiro atoms. The molecule has 2 aromatic carbocycles. The highest BCUT2D eigenvalue weighted by molar-refractivity contribution is 6.31. The first-order chi connectivity index (χ1) is 12.6. The fourth-order valence-electron chi connectivity index (χ4n) is 3.70. The van der Waals surface area contributed by atoms with Gasteiger partial charge in [0, 0.05) is 29.2 Å². The summed E-state index contributed by atoms with van der Waals surface area (Å²) in [6.45, 7) is 0.604. The Bertz CT molecular complexity index is 919. The quantitative estimate of drug-likeness (QED) is 0.690. The predicted molar refractivity (Wildman–Crippen MR) is 91.7 cm³/mol. The van der Waals surface area contributed by atoms with Gasteiger partial charge in [-0.15, -0.1) is 0 Å². The maximum atomic E-state index is 14.8. The van der Waals surface area contributed by atoms with Gasteiger partial charge < -0.3 is 4.74 Å². The predicted octanol–water partition coefficient (Wildman–Crippen LogP) is 4.11. The Labute approximate surface area is 154 Å². The van der Waals surface area contributed by atoms with E-state index in [1.807, 2.05) is 18.2 Å². The molecule has 26 heavy (non-hydrogen) atoms. The van der Waals surface area contributed by atoms with Gasteiger partial charge in [0.1, 0.15) is 23.6 Å². The molecular formula is C19H15ClF2N3O. The molecule has 4 nitrogen and oxygen atoms in total. The van der Waals surface area contributed by atoms with Crippen LogP contribution in [-0.4, -0.2) is 21.4 Å². The van der Waals surface area contributed by atoms with Gasteiger partial charge in [-0.2, -0.15) is 5.10 Å². The summed E-state index contributed by atoms with van der Waals surface area (Å²) in [4.78, 5) is 3.83. The highest BCUT2D eigenvalue weighted by Crippen LogP contribution is 2.50. The summed E-state index contributed by atoms with van der Waals surface area (Å²) in [5.41, 5.74) is 0.0354. The van der Waals surface area contributed by atoms with Crippen LogP contribution < -0.4 is 0 Å². The van der Waals surface area contributed by atoms with Crippen LogP contribution in [0.25, 0.3) is 0 Å². The van der Waals surface area contributed by atoms with Crippen molar-refractivity contribution >= 4 is 11.6 Å². The number of ether oxygens (including phenoxy) is 1. The number of hydrogen-bond acceptors (Lipinski definition) is 3. The lowest BCUT2D eigenvalue weighted by atomic mass is 9.77. The van der Waals surface area contributed by atoms with Crippen LogP contribution in [0.1, 0.15) is 23.5 Å². The van der Waals surface area contributed by atoms with Crippen LogP contribution in [0.3, 0.4) is 0 Å². The Morgan fingerprint density at radius 3 is 2.85 bits per heavy atom. The Morgan fingerprint density at radius 2 is 2.12 bits per heavy atom. The molecule has 4 rings (SSSR count). The minimum Gasteiger partial charge on any atom is -0.368 e. The molecule has 1 fully saturated rings. The molecule has 3 aromatic rings. The highest BCUT2D eigenvalue weighted by Gasteiger charge is 2.49. The Morgan fingerprint density at radius 1 is 1.27 bits per heavy atom. The standard InChI is InChI=1S/C19H15ClF2N3O/c20-17-4-2-1-3-14(17)15-7-8-26-19(15,10-25-12-23-11-24-25)16-6-5-13(21)9-18(16)22/h1-6,9,11,15H,7-8,10H2/t15-,19+/m1/s1. The normalized spacial score (nSPS) is 22.7. The molecular weight excluding hydrogens is 360 g/mol. The molecule has 0 saturated carbocycles. The molecule has 1 aromatic heterocycles. The number of hydrogen-bond donors (Lipinski definition) is 0. The van der Waals surface area contributed by atoms with Crippen molar-refractivity contribution in [3.63, 3.8) is 0 Å². The number of benzene rings is 2. The third kappa shape index (κ3) is 2.89. The van der Waals surface area contributed by atoms with E-state index in [1.54, 1.807) is 6.07 Å². The summed E-state index contributed by atoms with van der Waals surface area (Å²) < 4.78 is 35.8. The Balaban J connectivity index is 1.88. The number of aromatic nitrogens is 3. The fourth-order valence-corrected chi connectivity index (χ4v) is 3.97. The van der Waals surface area contributed by atoms with Gasteiger partial charge in [-0.05, 0) is 24.1 Å². The number of rotatable bonds is 4. The summed E-state index contributed by atoms with van der Waals surface area (Å²) >= 11 is 6.41. The van der Waals surface area contributed by atoms with Crippen molar-refractivity contribution in [1.29, 1.82) is 0 Å². The lowest BCUT2D eigenvalue weighted by Gasteiger charge is -2.35. The molecule has 133 valence electrons. The van der Waals surface area contributed by atoms with Crippen LogP contribution in [0, 0.1) is 18.0 Å². The molecule has 0 amide bonds. The first-order valence-electron chi connectivity index (χ1n) is 8.19. The van der Waals surface area contributed by atoms with Gasteiger partial charge in [-0.1, -0.05) is 35.9 Å². The first kappa shape index (κ1) is 17.1. The van der Waals surface area contributed by atoms with E-state index in [9.17, 15) is 8.78 Å². The second-order valence-corrected chi connectivity index (χ2v) is 6.65. The van der Waals surface area contributed by atoms with E-state index < -0.39 is 17.2 Å². The van der Waals surface area contributed by atoms with Crippen molar-refractivity contribution in [3.05, 3.63) is 82.9 Å². The monoisotopic (exact) mass is 374 g/mol. The molecule has 2 heterocycles. The van der Waals surface area contributed by atoms with Crippen LogP contribution >= 0.6 is 11.6 Å². The summed E-state index contributed by atoms with van der Waals surface area (Å²) in [7, 11) is 0. The lowest BCUT2D eigenvalue weighted by Crippen LogP contribution is -2.37. The zero-order chi connectivity index (χ0) is 18.1. The first-order valence-corrected chi connectivity index (χ1v) is 8.57. The van der Waals surface area contributed by atoms with Crippen molar-refractivity contribution in [2.45, 2.75) is 24.5 Å². The average Bonchev–Trinajstić information content (AvgIpc) is 3.26. The zero-order valence-electron chi connectivity index (χ0n) is 13.7. The van der Waals surface area contributed by atoms with Crippen molar-refractivity contribution in [2.24, 2.45) is 0 Å². The van der Waals surface area contributed by atoms with E-state index in [-0.39, 0.29) is 18.0 Å². The van der Waals surface area contributed by atoms with Gasteiger partial charge in [0.25, 0.3) is 0 Å². The Kier molecular flexibility index (Phi) is 4.46. The molecule has 1 radical (unpaired) electrons. The summed E-state index contributed by atoms with van der Waals surface area (Å²) in [5.74, 6) is -1.53. The van der Waals surface area contributed by atoms with Gasteiger partial charge in [0.15, 0.2) is 6.33 Å². The lowest BCUT2D eigenvalue weighted by molar-refractivity contribution is -0.0301. The minimum atomic E-state index is -1.09. The summed E-state index contributed by atoms with van der Waals surface area (Å²) in [6.07, 6.45) is 4.73. The second kappa shape index (κ2) is 6.78. The summed E-state index contributed by atoms with van der Waals surface area (Å²) in [6, 6.07) is 11.0. The van der Waals surface area contributed by atoms with Crippen LogP contribution in [0.4, 0.5) is 8.78 Å². The smallest absolute Gasteiger partial charge is 0.196 e. The third-order valence-electron chi connectivity index (χ3n) is 4.80. The average molecular weight is 375 g/mol. The Hall–Kier alpha value is -2.31. The van der Waals surface area contributed by atoms with Crippen LogP contribution in [0.5, 0.6) is 0 Å². The number of halogens is 3. The SMILES string of the molecule is Fc1ccc([C@@]2(Cn3[c]ncn3)OCC[C@@H]2c2ccccc2Cl)c(F)c1. The van der Waals surface area contributed by atoms with Crippen molar-refractivity contribution in [3.8, 4) is 0 Å². The van der Waals surface area contributed by atoms with Crippen molar-refractivity contribution in [1.82, 2.24) is 14.8 Å². The maximum Gasteiger partial charge on any atom is 0.196 e. The van der Waals surface area contributed by atoms with E-state index in [2.05, 4.69) is 16.4 Å². The van der Waals surface area contributed by atoms with E-state index in [1.165, 1.54) is 23.1 Å². The van der Waals surface area contributed by atoms with Gasteiger partial charge in [-0.3, -0.25) is 0 Å². The van der Waals surface area contributed by atoms with E-state index >= 15 is 0 Å². The molecule has 1 aliphatic rings. The third-order valence-corrected chi connectivity index (χ3v) is 5.15. The van der Waals surface area contributed by atoms with Crippen molar-refractivity contribution < 1.29 is 13.5 Å². The second-order valence-electron chi connectivity index (χ2n) is 6.24. The molecule has 1 saturated heterocycles. The molecule has 0 bridgehead atoms. The molecule has 1 aliphatic heterocycles. The fraction of sp³-hybridized carbons (Fsp3) is 0.263. The van der Waals surface area contributed by atoms with E-state index in [0.717, 1.165) is 11.6 Å².